The Kier molecular flexibility index (Phi) is 35.8. The molecule has 0 aromatic carbocycles. The summed E-state index contributed by atoms with van der Waals surface area (Å²) in [5, 5.41) is 24.4. The molecule has 0 unspecified atom stereocenters. The molecule has 0 radical (unpaired) electrons. The van der Waals surface area contributed by atoms with Crippen LogP contribution in [-0.4, -0.2) is 224 Å². The number of carbonyl (C=O) groups excluding carboxylic acids is 4. The molecule has 1 amide bonds. The summed E-state index contributed by atoms with van der Waals surface area (Å²) in [6, 6.07) is 6.15. The number of aromatic nitrogens is 6. The largest absolute Gasteiger partial charge is 0.490 e. The molecule has 4 fully saturated rings. The molecule has 6 aromatic rings. The lowest BCUT2D eigenvalue weighted by atomic mass is 9.89. The van der Waals surface area contributed by atoms with Crippen LogP contribution in [0, 0.1) is 87.0 Å². The molecular formula is C71H83Cl2F11N14O15. The van der Waals surface area contributed by atoms with Crippen molar-refractivity contribution in [1.82, 2.24) is 45.4 Å². The highest BCUT2D eigenvalue weighted by molar-refractivity contribution is 5.86. The molecule has 6 aliphatic rings. The minimum absolute atomic E-state index is 0. The maximum absolute atomic E-state index is 14.4. The third-order valence-corrected chi connectivity index (χ3v) is 18.8. The number of carbonyl (C=O) groups is 4. The Hall–Kier alpha value is -10.1. The summed E-state index contributed by atoms with van der Waals surface area (Å²) >= 11 is 0. The standard InChI is InChI=1S/C22H23F2N5O4.C14H18F2N2O4.C13H15F3N2O3.C9H9N3O.C8H15NO3.C5HF4N.2ClH/c1-31-20-17(24)9-16(23)19(27-20)28-5-3-22(32-2,4-6-28)21(30)29-7-8-33-18-14(10-25)11-26-12-15(18)13-29;1-20-12-10(16)8-9(15)11(17-12)18-6-4-14(22-3,5-7-18)13(19)21-2;1-20-12(19)13(21-2)3-5-18(6-4-13)11-9(15)7-8(14)10(16)17-11;10-3-7-4-12-6-8-5-11-1-2-13-9(7)8;1-11-7(10)8(12-2)3-5-9-6-4-8;6-2-1-3(7)5(9)10-4(2)8;;/h9,11-12H,3-8,13H2,1-2H3;8H,4-7H2,1-3H3;7H,3-6H2,1-2H3;4,6,11H,1-2,5H2;9H,3-6H2,1-2H3;1H;2*1H. The number of methoxy groups -OCH3 is 9. The lowest BCUT2D eigenvalue weighted by Crippen LogP contribution is -2.56. The molecule has 618 valence electrons. The minimum atomic E-state index is -1.64. The topological polar surface area (TPSA) is 332 Å². The molecule has 6 aliphatic heterocycles. The van der Waals surface area contributed by atoms with Crippen molar-refractivity contribution in [2.24, 2.45) is 0 Å². The van der Waals surface area contributed by atoms with Crippen molar-refractivity contribution >= 4 is 66.1 Å². The van der Waals surface area contributed by atoms with E-state index in [-0.39, 0.29) is 137 Å². The predicted molar refractivity (Wildman–Crippen MR) is 382 cm³/mol. The van der Waals surface area contributed by atoms with Gasteiger partial charge in [-0.15, -0.1) is 24.8 Å². The van der Waals surface area contributed by atoms with Gasteiger partial charge in [0.05, 0.1) is 48.6 Å². The number of nitrogens with zero attached hydrogens (tertiary/aromatic N) is 12. The number of amides is 1. The Morgan fingerprint density at radius 2 is 0.779 bits per heavy atom. The van der Waals surface area contributed by atoms with Crippen molar-refractivity contribution in [3.05, 3.63) is 136 Å². The van der Waals surface area contributed by atoms with E-state index < -0.39 is 98.7 Å². The second-order valence-electron chi connectivity index (χ2n) is 24.8. The van der Waals surface area contributed by atoms with E-state index >= 15 is 0 Å². The summed E-state index contributed by atoms with van der Waals surface area (Å²) in [6.07, 6.45) is 9.32. The van der Waals surface area contributed by atoms with Crippen molar-refractivity contribution in [3.8, 4) is 35.4 Å². The molecule has 6 aromatic heterocycles. The first kappa shape index (κ1) is 93.5. The number of nitrogens with one attached hydrogen (secondary N) is 2. The van der Waals surface area contributed by atoms with E-state index in [1.165, 1.54) is 74.2 Å². The molecule has 12 heterocycles. The molecule has 29 nitrogen and oxygen atoms in total. The van der Waals surface area contributed by atoms with Crippen molar-refractivity contribution < 1.29 is 120 Å². The summed E-state index contributed by atoms with van der Waals surface area (Å²) < 4.78 is 199. The van der Waals surface area contributed by atoms with Crippen molar-refractivity contribution in [2.75, 3.05) is 157 Å². The lowest BCUT2D eigenvalue weighted by molar-refractivity contribution is -0.169. The first-order valence-corrected chi connectivity index (χ1v) is 34.0. The minimum Gasteiger partial charge on any atom is -0.490 e. The molecule has 12 rings (SSSR count). The highest BCUT2D eigenvalue weighted by Gasteiger charge is 2.48. The lowest BCUT2D eigenvalue weighted by Gasteiger charge is -2.42. The molecule has 0 spiro atoms. The van der Waals surface area contributed by atoms with E-state index in [2.05, 4.69) is 52.7 Å². The van der Waals surface area contributed by atoms with E-state index in [9.17, 15) is 72.7 Å². The van der Waals surface area contributed by atoms with Crippen LogP contribution in [0.1, 0.15) is 73.6 Å². The Morgan fingerprint density at radius 1 is 0.425 bits per heavy atom. The number of hydrogen-bond donors (Lipinski definition) is 2. The summed E-state index contributed by atoms with van der Waals surface area (Å²) in [5.74, 6) is -14.4. The highest BCUT2D eigenvalue weighted by atomic mass is 35.5. The Balaban J connectivity index is 0.000000253. The zero-order valence-corrected chi connectivity index (χ0v) is 64.3. The number of ether oxygens (including phenoxy) is 11. The Bertz CT molecular complexity index is 4260. The number of nitriles is 2. The smallest absolute Gasteiger partial charge is 0.338 e. The van der Waals surface area contributed by atoms with Gasteiger partial charge in [0.1, 0.15) is 53.6 Å². The summed E-state index contributed by atoms with van der Waals surface area (Å²) in [4.78, 5) is 76.3. The third-order valence-electron chi connectivity index (χ3n) is 18.8. The number of esters is 3. The quantitative estimate of drug-likeness (QED) is 0.0477. The van der Waals surface area contributed by atoms with Crippen LogP contribution in [-0.2, 0) is 65.4 Å². The van der Waals surface area contributed by atoms with Gasteiger partial charge in [0.2, 0.25) is 0 Å². The fraction of sp³-hybridized carbons (Fsp3) is 0.493. The van der Waals surface area contributed by atoms with E-state index in [1.54, 1.807) is 34.2 Å². The molecule has 2 N–H and O–H groups in total. The van der Waals surface area contributed by atoms with Crippen LogP contribution in [0.25, 0.3) is 0 Å². The highest BCUT2D eigenvalue weighted by Crippen LogP contribution is 2.37. The normalized spacial score (nSPS) is 16.7. The van der Waals surface area contributed by atoms with Gasteiger partial charge in [-0.05, 0) is 25.9 Å². The average molecular weight is 1650 g/mol. The van der Waals surface area contributed by atoms with Gasteiger partial charge in [-0.2, -0.15) is 43.6 Å². The third kappa shape index (κ3) is 22.7. The SMILES string of the molecule is COC(=O)C1(OC)CCN(c2nc(F)c(F)cc2F)CC1.COC(=O)C1(OC)CCN(c2nc(OC)c(F)cc2F)CC1.COC(=O)C1(OC)CCNCC1.COc1nc(N2CCC(OC)(C(=O)N3CCOc4c(C#N)cncc4C3)CC2)c(F)cc1F.Cl.Cl.Fc1cc(F)c(F)nc1F.N#Cc1cncc2c1OCCNC2. The van der Waals surface area contributed by atoms with Crippen LogP contribution in [0.15, 0.2) is 49.1 Å². The molecule has 0 bridgehead atoms. The Morgan fingerprint density at radius 3 is 1.17 bits per heavy atom. The average Bonchev–Trinajstić information content (AvgIpc) is 1.63. The van der Waals surface area contributed by atoms with Gasteiger partial charge < -0.3 is 82.3 Å². The second-order valence-corrected chi connectivity index (χ2v) is 24.8. The molecule has 4 saturated heterocycles. The van der Waals surface area contributed by atoms with Crippen molar-refractivity contribution in [2.45, 2.75) is 86.9 Å². The van der Waals surface area contributed by atoms with Crippen LogP contribution in [0.2, 0.25) is 0 Å². The second kappa shape index (κ2) is 43.3. The number of pyridine rings is 6. The molecule has 42 heteroatoms. The summed E-state index contributed by atoms with van der Waals surface area (Å²) in [6.45, 7) is 6.14. The van der Waals surface area contributed by atoms with Crippen LogP contribution in [0.4, 0.5) is 65.7 Å². The summed E-state index contributed by atoms with van der Waals surface area (Å²) in [5.41, 5.74) is -1.50. The van der Waals surface area contributed by atoms with Gasteiger partial charge in [-0.25, -0.2) is 49.5 Å². The fourth-order valence-corrected chi connectivity index (χ4v) is 12.5. The molecule has 113 heavy (non-hydrogen) atoms. The maximum Gasteiger partial charge on any atom is 0.338 e. The number of piperidine rings is 4. The van der Waals surface area contributed by atoms with Gasteiger partial charge in [0.15, 0.2) is 80.8 Å². The van der Waals surface area contributed by atoms with Gasteiger partial charge in [-0.1, -0.05) is 0 Å². The predicted octanol–water partition coefficient (Wildman–Crippen LogP) is 8.07. The first-order chi connectivity index (χ1) is 53.1. The maximum atomic E-state index is 14.4. The monoisotopic (exact) mass is 1650 g/mol. The van der Waals surface area contributed by atoms with Crippen molar-refractivity contribution in [1.29, 1.82) is 10.5 Å². The van der Waals surface area contributed by atoms with Gasteiger partial charge >= 0.3 is 17.9 Å². The molecule has 0 saturated carbocycles. The van der Waals surface area contributed by atoms with Crippen LogP contribution < -0.4 is 44.3 Å². The number of hydrogen-bond acceptors (Lipinski definition) is 28. The molecule has 0 atom stereocenters. The fourth-order valence-electron chi connectivity index (χ4n) is 12.5. The summed E-state index contributed by atoms with van der Waals surface area (Å²) in [7, 11) is 12.3. The Labute approximate surface area is 654 Å². The number of rotatable bonds is 13. The van der Waals surface area contributed by atoms with Crippen molar-refractivity contribution in [3.63, 3.8) is 0 Å². The van der Waals surface area contributed by atoms with E-state index in [0.717, 1.165) is 43.9 Å². The number of fused-ring (bicyclic) bond motifs is 2. The van der Waals surface area contributed by atoms with Crippen LogP contribution in [0.3, 0.4) is 0 Å². The number of halogens is 13. The van der Waals surface area contributed by atoms with E-state index in [4.69, 9.17) is 57.4 Å². The van der Waals surface area contributed by atoms with Gasteiger partial charge in [0, 0.05) is 180 Å². The zero-order chi connectivity index (χ0) is 81.4. The first-order valence-electron chi connectivity index (χ1n) is 34.0. The van der Waals surface area contributed by atoms with E-state index in [1.807, 2.05) is 0 Å². The van der Waals surface area contributed by atoms with Crippen LogP contribution >= 0.6 is 24.8 Å². The van der Waals surface area contributed by atoms with Crippen LogP contribution in [0.5, 0.6) is 23.3 Å². The van der Waals surface area contributed by atoms with E-state index in [0.29, 0.717) is 86.2 Å². The molecular weight excluding hydrogens is 1570 g/mol. The van der Waals surface area contributed by atoms with Gasteiger partial charge in [0.25, 0.3) is 35.5 Å². The molecule has 0 aliphatic carbocycles. The number of anilines is 3. The van der Waals surface area contributed by atoms with Gasteiger partial charge in [-0.3, -0.25) is 14.8 Å². The zero-order valence-electron chi connectivity index (χ0n) is 62.6.